The van der Waals surface area contributed by atoms with Crippen LogP contribution in [0.1, 0.15) is 13.3 Å². The van der Waals surface area contributed by atoms with E-state index in [1.165, 1.54) is 0 Å². The molecule has 0 heterocycles. The van der Waals surface area contributed by atoms with Gasteiger partial charge in [-0.3, -0.25) is 11.3 Å². The third kappa shape index (κ3) is 3.06. The van der Waals surface area contributed by atoms with E-state index in [-0.39, 0.29) is 6.04 Å². The van der Waals surface area contributed by atoms with Crippen LogP contribution in [0.2, 0.25) is 0 Å². The highest BCUT2D eigenvalue weighted by Crippen LogP contribution is 2.00. The molecule has 0 aromatic carbocycles. The van der Waals surface area contributed by atoms with Crippen molar-refractivity contribution in [2.45, 2.75) is 19.4 Å². The van der Waals surface area contributed by atoms with Crippen LogP contribution in [0, 0.1) is 0 Å². The second-order valence-corrected chi connectivity index (χ2v) is 2.09. The summed E-state index contributed by atoms with van der Waals surface area (Å²) in [7, 11) is 0. The largest absolute Gasteiger partial charge is 0.271 e. The molecule has 0 spiro atoms. The van der Waals surface area contributed by atoms with Gasteiger partial charge in [-0.15, -0.1) is 6.58 Å². The Morgan fingerprint density at radius 3 is 2.56 bits per heavy atom. The van der Waals surface area contributed by atoms with Crippen LogP contribution in [0.4, 0.5) is 0 Å². The van der Waals surface area contributed by atoms with Gasteiger partial charge in [0.2, 0.25) is 0 Å². The van der Waals surface area contributed by atoms with Gasteiger partial charge in [0.15, 0.2) is 0 Å². The predicted molar refractivity (Wildman–Crippen MR) is 40.7 cm³/mol. The highest BCUT2D eigenvalue weighted by Gasteiger charge is 2.01. The maximum absolute atomic E-state index is 5.20. The van der Waals surface area contributed by atoms with Crippen molar-refractivity contribution >= 4 is 0 Å². The predicted octanol–water partition coefficient (Wildman–Crippen LogP) is 0.970. The fourth-order valence-electron chi connectivity index (χ4n) is 0.578. The van der Waals surface area contributed by atoms with Gasteiger partial charge in [-0.25, -0.2) is 0 Å². The molecule has 9 heavy (non-hydrogen) atoms. The summed E-state index contributed by atoms with van der Waals surface area (Å²) in [6.45, 7) is 9.29. The Kier molecular flexibility index (Phi) is 4.01. The van der Waals surface area contributed by atoms with Gasteiger partial charge < -0.3 is 0 Å². The van der Waals surface area contributed by atoms with Crippen molar-refractivity contribution in [1.82, 2.24) is 5.43 Å². The molecule has 0 aromatic rings. The Balaban J connectivity index is 3.67. The third-order valence-electron chi connectivity index (χ3n) is 1.20. The van der Waals surface area contributed by atoms with Crippen LogP contribution in [-0.2, 0) is 0 Å². The fourth-order valence-corrected chi connectivity index (χ4v) is 0.578. The third-order valence-corrected chi connectivity index (χ3v) is 1.20. The molecule has 0 amide bonds. The fraction of sp³-hybridized carbons (Fsp3) is 0.429. The first-order valence-electron chi connectivity index (χ1n) is 2.94. The molecule has 52 valence electrons. The number of nitrogens with one attached hydrogen (secondary N) is 1. The number of rotatable bonds is 4. The lowest BCUT2D eigenvalue weighted by Gasteiger charge is -2.12. The maximum atomic E-state index is 5.20. The van der Waals surface area contributed by atoms with Crippen LogP contribution in [-0.4, -0.2) is 6.04 Å². The Bertz CT molecular complexity index is 107. The van der Waals surface area contributed by atoms with Gasteiger partial charge in [0.1, 0.15) is 0 Å². The van der Waals surface area contributed by atoms with Crippen molar-refractivity contribution < 1.29 is 0 Å². The van der Waals surface area contributed by atoms with Crippen molar-refractivity contribution in [3.63, 3.8) is 0 Å². The van der Waals surface area contributed by atoms with E-state index < -0.39 is 0 Å². The first-order valence-corrected chi connectivity index (χ1v) is 2.94. The zero-order valence-corrected chi connectivity index (χ0v) is 5.85. The van der Waals surface area contributed by atoms with E-state index in [1.807, 2.05) is 13.0 Å². The molecule has 0 bridgehead atoms. The van der Waals surface area contributed by atoms with Crippen LogP contribution in [0.25, 0.3) is 0 Å². The SMILES string of the molecule is C=CCC(NN)C(=C)C. The molecule has 1 atom stereocenters. The molecule has 0 fully saturated rings. The van der Waals surface area contributed by atoms with Gasteiger partial charge in [0, 0.05) is 6.04 Å². The van der Waals surface area contributed by atoms with Crippen molar-refractivity contribution in [1.29, 1.82) is 0 Å². The van der Waals surface area contributed by atoms with Gasteiger partial charge in [-0.2, -0.15) is 0 Å². The summed E-state index contributed by atoms with van der Waals surface area (Å²) in [5.41, 5.74) is 3.67. The Labute approximate surface area is 56.4 Å². The lowest BCUT2D eigenvalue weighted by Crippen LogP contribution is -2.35. The van der Waals surface area contributed by atoms with Gasteiger partial charge >= 0.3 is 0 Å². The van der Waals surface area contributed by atoms with E-state index in [9.17, 15) is 0 Å². The molecule has 1 unspecified atom stereocenters. The average Bonchev–Trinajstić information content (AvgIpc) is 1.82. The van der Waals surface area contributed by atoms with E-state index in [4.69, 9.17) is 5.84 Å². The molecule has 2 heteroatoms. The summed E-state index contributed by atoms with van der Waals surface area (Å²) in [5.74, 6) is 5.20. The van der Waals surface area contributed by atoms with E-state index in [0.717, 1.165) is 12.0 Å². The second-order valence-electron chi connectivity index (χ2n) is 2.09. The molecule has 0 rings (SSSR count). The summed E-state index contributed by atoms with van der Waals surface area (Å²) < 4.78 is 0. The molecular weight excluding hydrogens is 112 g/mol. The van der Waals surface area contributed by atoms with Crippen LogP contribution >= 0.6 is 0 Å². The number of hydrogen-bond acceptors (Lipinski definition) is 2. The van der Waals surface area contributed by atoms with E-state index in [1.54, 1.807) is 0 Å². The van der Waals surface area contributed by atoms with Crippen molar-refractivity contribution in [2.75, 3.05) is 0 Å². The molecule has 2 nitrogen and oxygen atoms in total. The molecule has 0 aliphatic carbocycles. The minimum absolute atomic E-state index is 0.183. The minimum Gasteiger partial charge on any atom is -0.271 e. The van der Waals surface area contributed by atoms with Crippen LogP contribution in [0.15, 0.2) is 24.8 Å². The number of hydrazine groups is 1. The van der Waals surface area contributed by atoms with Gasteiger partial charge in [0.05, 0.1) is 0 Å². The first kappa shape index (κ1) is 8.40. The Morgan fingerprint density at radius 1 is 1.89 bits per heavy atom. The quantitative estimate of drug-likeness (QED) is 0.334. The standard InChI is InChI=1S/C7H14N2/c1-4-5-7(9-8)6(2)3/h4,7,9H,1-2,5,8H2,3H3. The molecule has 0 saturated carbocycles. The molecule has 0 aliphatic heterocycles. The second kappa shape index (κ2) is 4.30. The smallest absolute Gasteiger partial charge is 0.0448 e. The summed E-state index contributed by atoms with van der Waals surface area (Å²) in [4.78, 5) is 0. The molecule has 0 radical (unpaired) electrons. The lowest BCUT2D eigenvalue weighted by molar-refractivity contribution is 0.601. The minimum atomic E-state index is 0.183. The summed E-state index contributed by atoms with van der Waals surface area (Å²) in [6.07, 6.45) is 2.66. The van der Waals surface area contributed by atoms with Gasteiger partial charge in [-0.1, -0.05) is 18.2 Å². The summed E-state index contributed by atoms with van der Waals surface area (Å²) in [5, 5.41) is 0. The topological polar surface area (TPSA) is 38.0 Å². The van der Waals surface area contributed by atoms with E-state index >= 15 is 0 Å². The van der Waals surface area contributed by atoms with Crippen LogP contribution < -0.4 is 11.3 Å². The molecule has 3 N–H and O–H groups in total. The molecular formula is C7H14N2. The number of nitrogens with two attached hydrogens (primary N) is 1. The van der Waals surface area contributed by atoms with Crippen molar-refractivity contribution in [2.24, 2.45) is 5.84 Å². The van der Waals surface area contributed by atoms with Crippen LogP contribution in [0.5, 0.6) is 0 Å². The Hall–Kier alpha value is -0.600. The van der Waals surface area contributed by atoms with Crippen molar-refractivity contribution in [3.05, 3.63) is 24.8 Å². The highest BCUT2D eigenvalue weighted by atomic mass is 15.2. The average molecular weight is 126 g/mol. The van der Waals surface area contributed by atoms with Crippen molar-refractivity contribution in [3.8, 4) is 0 Å². The zero-order chi connectivity index (χ0) is 7.28. The highest BCUT2D eigenvalue weighted by molar-refractivity contribution is 5.02. The van der Waals surface area contributed by atoms with Gasteiger partial charge in [0.25, 0.3) is 0 Å². The maximum Gasteiger partial charge on any atom is 0.0448 e. The molecule has 0 saturated heterocycles. The summed E-state index contributed by atoms with van der Waals surface area (Å²) in [6, 6.07) is 0.183. The van der Waals surface area contributed by atoms with Crippen LogP contribution in [0.3, 0.4) is 0 Å². The first-order chi connectivity index (χ1) is 4.22. The number of hydrogen-bond donors (Lipinski definition) is 2. The zero-order valence-electron chi connectivity index (χ0n) is 5.85. The summed E-state index contributed by atoms with van der Waals surface area (Å²) >= 11 is 0. The Morgan fingerprint density at radius 2 is 2.44 bits per heavy atom. The van der Waals surface area contributed by atoms with E-state index in [2.05, 4.69) is 18.6 Å². The monoisotopic (exact) mass is 126 g/mol. The van der Waals surface area contributed by atoms with E-state index in [0.29, 0.717) is 0 Å². The molecule has 0 aromatic heterocycles. The normalized spacial score (nSPS) is 12.7. The molecule has 0 aliphatic rings. The lowest BCUT2D eigenvalue weighted by atomic mass is 10.1. The van der Waals surface area contributed by atoms with Gasteiger partial charge in [-0.05, 0) is 13.3 Å².